The monoisotopic (exact) mass is 733 g/mol. The quantitative estimate of drug-likeness (QED) is 0.254. The van der Waals surface area contributed by atoms with E-state index < -0.39 is 35.6 Å². The normalized spacial score (nSPS) is 17.2. The van der Waals surface area contributed by atoms with Gasteiger partial charge in [0.05, 0.1) is 12.5 Å². The highest BCUT2D eigenvalue weighted by Gasteiger charge is 2.39. The fourth-order valence-electron chi connectivity index (χ4n) is 6.99. The van der Waals surface area contributed by atoms with Crippen molar-refractivity contribution in [2.24, 2.45) is 0 Å². The van der Waals surface area contributed by atoms with Gasteiger partial charge in [-0.05, 0) is 69.5 Å². The van der Waals surface area contributed by atoms with Crippen molar-refractivity contribution in [2.45, 2.75) is 77.7 Å². The molecule has 3 atom stereocenters. The Bertz CT molecular complexity index is 1740. The molecule has 3 aromatic rings. The lowest BCUT2D eigenvalue weighted by atomic mass is 10.00. The van der Waals surface area contributed by atoms with E-state index in [4.69, 9.17) is 16.3 Å². The van der Waals surface area contributed by atoms with Crippen molar-refractivity contribution in [3.8, 4) is 0 Å². The van der Waals surface area contributed by atoms with Gasteiger partial charge in [-0.25, -0.2) is 9.18 Å². The first-order valence-corrected chi connectivity index (χ1v) is 18.3. The van der Waals surface area contributed by atoms with Gasteiger partial charge in [0.2, 0.25) is 17.7 Å². The van der Waals surface area contributed by atoms with Gasteiger partial charge in [-0.15, -0.1) is 0 Å². The van der Waals surface area contributed by atoms with Gasteiger partial charge in [0.1, 0.15) is 23.5 Å². The predicted molar refractivity (Wildman–Crippen MR) is 198 cm³/mol. The highest BCUT2D eigenvalue weighted by Crippen LogP contribution is 2.37. The van der Waals surface area contributed by atoms with Crippen LogP contribution >= 0.6 is 11.6 Å². The van der Waals surface area contributed by atoms with Gasteiger partial charge in [-0.1, -0.05) is 66.2 Å². The lowest BCUT2D eigenvalue weighted by molar-refractivity contribution is -0.141. The smallest absolute Gasteiger partial charge is 0.411 e. The van der Waals surface area contributed by atoms with Gasteiger partial charge in [0.15, 0.2) is 0 Å². The Morgan fingerprint density at radius 2 is 1.56 bits per heavy atom. The van der Waals surface area contributed by atoms with Crippen LogP contribution in [0.15, 0.2) is 72.8 Å². The Balaban J connectivity index is 1.34. The molecule has 5 rings (SSSR count). The summed E-state index contributed by atoms with van der Waals surface area (Å²) in [6, 6.07) is 18.8. The van der Waals surface area contributed by atoms with Gasteiger partial charge in [0.25, 0.3) is 0 Å². The number of hydrogen-bond donors (Lipinski definition) is 1. The van der Waals surface area contributed by atoms with E-state index in [9.17, 15) is 19.2 Å². The van der Waals surface area contributed by atoms with E-state index in [2.05, 4.69) is 5.32 Å². The third-order valence-corrected chi connectivity index (χ3v) is 9.88. The Morgan fingerprint density at radius 1 is 0.923 bits per heavy atom. The van der Waals surface area contributed by atoms with Crippen LogP contribution in [0.4, 0.5) is 9.18 Å². The minimum absolute atomic E-state index is 0.0633. The molecular formula is C40H49ClFN5O5. The molecule has 0 radical (unpaired) electrons. The molecule has 1 N–H and O–H groups in total. The standard InChI is InChI=1S/C40H49ClFN5O5/c1-6-44(7-2)38(50)36(31-14-10-11-15-32(31)42)45-20-22-46(23-21-45)37(49)33(24-27-16-18-29(41)19-17-27)43-35(48)25-34-30-13-9-8-12-28(30)26-47(34)39(51)52-40(3,4)5/h8-19,33-34,36H,6-7,20-26H2,1-5H3,(H,43,48). The largest absolute Gasteiger partial charge is 0.444 e. The van der Waals surface area contributed by atoms with Crippen LogP contribution in [0.5, 0.6) is 0 Å². The molecule has 4 amide bonds. The van der Waals surface area contributed by atoms with Crippen molar-refractivity contribution in [3.05, 3.63) is 106 Å². The molecule has 0 aliphatic carbocycles. The summed E-state index contributed by atoms with van der Waals surface area (Å²) < 4.78 is 20.8. The van der Waals surface area contributed by atoms with Crippen LogP contribution < -0.4 is 5.32 Å². The molecule has 0 bridgehead atoms. The molecule has 52 heavy (non-hydrogen) atoms. The average molecular weight is 734 g/mol. The molecule has 12 heteroatoms. The molecule has 2 aliphatic heterocycles. The Morgan fingerprint density at radius 3 is 2.19 bits per heavy atom. The number of amides is 4. The minimum atomic E-state index is -0.911. The van der Waals surface area contributed by atoms with Crippen molar-refractivity contribution in [2.75, 3.05) is 39.3 Å². The number of fused-ring (bicyclic) bond motifs is 1. The van der Waals surface area contributed by atoms with Crippen LogP contribution in [0.1, 0.15) is 75.4 Å². The fraction of sp³-hybridized carbons (Fsp3) is 0.450. The zero-order valence-corrected chi connectivity index (χ0v) is 31.4. The third kappa shape index (κ3) is 9.30. The van der Waals surface area contributed by atoms with Crippen molar-refractivity contribution in [1.82, 2.24) is 24.9 Å². The molecule has 0 spiro atoms. The summed E-state index contributed by atoms with van der Waals surface area (Å²) in [4.78, 5) is 62.0. The first kappa shape index (κ1) is 38.7. The van der Waals surface area contributed by atoms with Crippen LogP contribution in [0.2, 0.25) is 5.02 Å². The van der Waals surface area contributed by atoms with Gasteiger partial charge in [0, 0.05) is 62.8 Å². The van der Waals surface area contributed by atoms with Crippen LogP contribution in [0.3, 0.4) is 0 Å². The number of rotatable bonds is 11. The molecule has 0 saturated carbocycles. The van der Waals surface area contributed by atoms with E-state index in [0.29, 0.717) is 43.3 Å². The molecule has 1 saturated heterocycles. The van der Waals surface area contributed by atoms with Gasteiger partial charge in [-0.3, -0.25) is 24.2 Å². The number of likely N-dealkylation sites (N-methyl/N-ethyl adjacent to an activating group) is 1. The number of hydrogen-bond acceptors (Lipinski definition) is 6. The number of carbonyl (C=O) groups is 4. The molecule has 3 aromatic carbocycles. The lowest BCUT2D eigenvalue weighted by Gasteiger charge is -2.41. The summed E-state index contributed by atoms with van der Waals surface area (Å²) >= 11 is 6.14. The summed E-state index contributed by atoms with van der Waals surface area (Å²) in [5.74, 6) is -1.29. The second-order valence-corrected chi connectivity index (χ2v) is 14.7. The summed E-state index contributed by atoms with van der Waals surface area (Å²) in [6.07, 6.45) is -0.356. The Labute approximate surface area is 310 Å². The fourth-order valence-corrected chi connectivity index (χ4v) is 7.12. The molecule has 2 aliphatic rings. The lowest BCUT2D eigenvalue weighted by Crippen LogP contribution is -2.57. The van der Waals surface area contributed by atoms with E-state index in [0.717, 1.165) is 16.7 Å². The van der Waals surface area contributed by atoms with Crippen LogP contribution in [0.25, 0.3) is 0 Å². The van der Waals surface area contributed by atoms with E-state index >= 15 is 4.39 Å². The molecule has 2 heterocycles. The highest BCUT2D eigenvalue weighted by atomic mass is 35.5. The van der Waals surface area contributed by atoms with Crippen molar-refractivity contribution in [1.29, 1.82) is 0 Å². The van der Waals surface area contributed by atoms with E-state index in [1.807, 2.05) is 55.1 Å². The molecule has 3 unspecified atom stereocenters. The van der Waals surface area contributed by atoms with Crippen LogP contribution in [-0.4, -0.2) is 94.3 Å². The summed E-state index contributed by atoms with van der Waals surface area (Å²) in [6.45, 7) is 11.7. The average Bonchev–Trinajstić information content (AvgIpc) is 3.48. The SMILES string of the molecule is CCN(CC)C(=O)C(c1ccccc1F)N1CCN(C(=O)C(Cc2ccc(Cl)cc2)NC(=O)CC2c3ccccc3CN2C(=O)OC(C)(C)C)CC1. The zero-order valence-electron chi connectivity index (χ0n) is 30.6. The number of carbonyl (C=O) groups excluding carboxylic acids is 4. The Hall–Kier alpha value is -4.48. The molecule has 278 valence electrons. The minimum Gasteiger partial charge on any atom is -0.444 e. The van der Waals surface area contributed by atoms with Crippen LogP contribution in [0, 0.1) is 5.82 Å². The van der Waals surface area contributed by atoms with E-state index in [1.165, 1.54) is 6.07 Å². The topological polar surface area (TPSA) is 103 Å². The van der Waals surface area contributed by atoms with Crippen molar-refractivity contribution >= 4 is 35.4 Å². The number of nitrogens with one attached hydrogen (secondary N) is 1. The summed E-state index contributed by atoms with van der Waals surface area (Å²) in [7, 11) is 0. The Kier molecular flexibility index (Phi) is 12.6. The molecule has 1 fully saturated rings. The van der Waals surface area contributed by atoms with Gasteiger partial charge < -0.3 is 19.9 Å². The number of ether oxygens (including phenoxy) is 1. The highest BCUT2D eigenvalue weighted by molar-refractivity contribution is 6.30. The van der Waals surface area contributed by atoms with Crippen LogP contribution in [-0.2, 0) is 32.1 Å². The molecular weight excluding hydrogens is 685 g/mol. The maximum atomic E-state index is 15.1. The zero-order chi connectivity index (χ0) is 37.6. The second-order valence-electron chi connectivity index (χ2n) is 14.3. The first-order chi connectivity index (χ1) is 24.8. The van der Waals surface area contributed by atoms with Crippen molar-refractivity contribution < 1.29 is 28.3 Å². The van der Waals surface area contributed by atoms with Gasteiger partial charge in [-0.2, -0.15) is 0 Å². The summed E-state index contributed by atoms with van der Waals surface area (Å²) in [5, 5.41) is 3.55. The molecule has 0 aromatic heterocycles. The predicted octanol–water partition coefficient (Wildman–Crippen LogP) is 6.14. The summed E-state index contributed by atoms with van der Waals surface area (Å²) in [5.41, 5.74) is 2.20. The number of halogens is 2. The maximum Gasteiger partial charge on any atom is 0.411 e. The van der Waals surface area contributed by atoms with Gasteiger partial charge >= 0.3 is 6.09 Å². The molecule has 10 nitrogen and oxygen atoms in total. The number of benzene rings is 3. The number of piperazine rings is 1. The van der Waals surface area contributed by atoms with E-state index in [1.54, 1.807) is 65.8 Å². The third-order valence-electron chi connectivity index (χ3n) is 9.62. The number of nitrogens with zero attached hydrogens (tertiary/aromatic N) is 4. The van der Waals surface area contributed by atoms with Crippen molar-refractivity contribution in [3.63, 3.8) is 0 Å². The second kappa shape index (κ2) is 16.9. The first-order valence-electron chi connectivity index (χ1n) is 18.0. The maximum absolute atomic E-state index is 15.1. The van der Waals surface area contributed by atoms with E-state index in [-0.39, 0.29) is 43.7 Å².